The SMILES string of the molecule is CCCCCN(CCC)C(=O)c1ccc(C(=O)O)cc1. The topological polar surface area (TPSA) is 57.6 Å². The summed E-state index contributed by atoms with van der Waals surface area (Å²) < 4.78 is 0. The molecule has 0 aliphatic heterocycles. The van der Waals surface area contributed by atoms with E-state index in [2.05, 4.69) is 6.92 Å². The molecule has 1 aromatic rings. The second kappa shape index (κ2) is 8.35. The molecule has 0 saturated heterocycles. The summed E-state index contributed by atoms with van der Waals surface area (Å²) in [5, 5.41) is 8.86. The summed E-state index contributed by atoms with van der Waals surface area (Å²) in [5.41, 5.74) is 0.759. The molecule has 0 heterocycles. The summed E-state index contributed by atoms with van der Waals surface area (Å²) in [6, 6.07) is 6.14. The van der Waals surface area contributed by atoms with E-state index in [9.17, 15) is 9.59 Å². The number of carboxylic acid groups (broad SMARTS) is 1. The zero-order valence-corrected chi connectivity index (χ0v) is 12.3. The molecule has 0 bridgehead atoms. The Hall–Kier alpha value is -1.84. The largest absolute Gasteiger partial charge is 0.478 e. The molecule has 0 aliphatic carbocycles. The van der Waals surface area contributed by atoms with Crippen LogP contribution in [0.3, 0.4) is 0 Å². The van der Waals surface area contributed by atoms with E-state index in [-0.39, 0.29) is 11.5 Å². The molecule has 4 heteroatoms. The van der Waals surface area contributed by atoms with Crippen LogP contribution in [0.1, 0.15) is 60.2 Å². The number of rotatable bonds is 8. The van der Waals surface area contributed by atoms with Crippen LogP contribution in [0.25, 0.3) is 0 Å². The molecule has 1 aromatic carbocycles. The molecule has 0 spiro atoms. The zero-order chi connectivity index (χ0) is 15.0. The molecule has 110 valence electrons. The first-order valence-corrected chi connectivity index (χ1v) is 7.22. The third-order valence-corrected chi connectivity index (χ3v) is 3.19. The van der Waals surface area contributed by atoms with E-state index in [4.69, 9.17) is 5.11 Å². The highest BCUT2D eigenvalue weighted by Gasteiger charge is 2.15. The van der Waals surface area contributed by atoms with Crippen molar-refractivity contribution >= 4 is 11.9 Å². The second-order valence-electron chi connectivity index (χ2n) is 4.88. The quantitative estimate of drug-likeness (QED) is 0.741. The average Bonchev–Trinajstić information content (AvgIpc) is 2.46. The predicted molar refractivity (Wildman–Crippen MR) is 79.1 cm³/mol. The van der Waals surface area contributed by atoms with Crippen LogP contribution in [-0.4, -0.2) is 35.0 Å². The van der Waals surface area contributed by atoms with Gasteiger partial charge in [0.15, 0.2) is 0 Å². The Balaban J connectivity index is 2.74. The first-order chi connectivity index (χ1) is 9.60. The van der Waals surface area contributed by atoms with E-state index in [1.807, 2.05) is 11.8 Å². The summed E-state index contributed by atoms with van der Waals surface area (Å²) >= 11 is 0. The lowest BCUT2D eigenvalue weighted by molar-refractivity contribution is 0.0693. The molecule has 0 aromatic heterocycles. The Kier molecular flexibility index (Phi) is 6.77. The minimum Gasteiger partial charge on any atom is -0.478 e. The molecule has 4 nitrogen and oxygen atoms in total. The molecule has 0 atom stereocenters. The van der Waals surface area contributed by atoms with Crippen LogP contribution in [-0.2, 0) is 0 Å². The van der Waals surface area contributed by atoms with Crippen molar-refractivity contribution in [3.05, 3.63) is 35.4 Å². The molecule has 1 N–H and O–H groups in total. The fourth-order valence-electron chi connectivity index (χ4n) is 2.08. The Bertz CT molecular complexity index is 440. The number of hydrogen-bond acceptors (Lipinski definition) is 2. The molecule has 0 aliphatic rings. The van der Waals surface area contributed by atoms with E-state index in [1.54, 1.807) is 12.1 Å². The number of unbranched alkanes of at least 4 members (excludes halogenated alkanes) is 2. The first kappa shape index (κ1) is 16.2. The smallest absolute Gasteiger partial charge is 0.335 e. The van der Waals surface area contributed by atoms with E-state index >= 15 is 0 Å². The summed E-state index contributed by atoms with van der Waals surface area (Å²) in [6.07, 6.45) is 4.17. The molecule has 0 saturated carbocycles. The van der Waals surface area contributed by atoms with Crippen LogP contribution in [0.4, 0.5) is 0 Å². The predicted octanol–water partition coefficient (Wildman–Crippen LogP) is 3.43. The van der Waals surface area contributed by atoms with Gasteiger partial charge < -0.3 is 10.0 Å². The lowest BCUT2D eigenvalue weighted by Crippen LogP contribution is -2.32. The van der Waals surface area contributed by atoms with Gasteiger partial charge in [0.2, 0.25) is 0 Å². The van der Waals surface area contributed by atoms with E-state index in [0.717, 1.165) is 38.8 Å². The average molecular weight is 277 g/mol. The standard InChI is InChI=1S/C16H23NO3/c1-3-5-6-12-17(11-4-2)15(18)13-7-9-14(10-8-13)16(19)20/h7-10H,3-6,11-12H2,1-2H3,(H,19,20). The van der Waals surface area contributed by atoms with Crippen molar-refractivity contribution in [2.75, 3.05) is 13.1 Å². The van der Waals surface area contributed by atoms with Crippen LogP contribution >= 0.6 is 0 Å². The normalized spacial score (nSPS) is 10.3. The van der Waals surface area contributed by atoms with Crippen LogP contribution < -0.4 is 0 Å². The number of amides is 1. The molecule has 0 fully saturated rings. The van der Waals surface area contributed by atoms with Gasteiger partial charge in [0.1, 0.15) is 0 Å². The lowest BCUT2D eigenvalue weighted by Gasteiger charge is -2.22. The van der Waals surface area contributed by atoms with Gasteiger partial charge in [0, 0.05) is 18.7 Å². The van der Waals surface area contributed by atoms with Crippen LogP contribution in [0.15, 0.2) is 24.3 Å². The molecule has 1 rings (SSSR count). The third-order valence-electron chi connectivity index (χ3n) is 3.19. The third kappa shape index (κ3) is 4.68. The van der Waals surface area contributed by atoms with Crippen molar-refractivity contribution in [1.82, 2.24) is 4.90 Å². The second-order valence-corrected chi connectivity index (χ2v) is 4.88. The van der Waals surface area contributed by atoms with E-state index in [1.165, 1.54) is 12.1 Å². The van der Waals surface area contributed by atoms with E-state index < -0.39 is 5.97 Å². The van der Waals surface area contributed by atoms with Gasteiger partial charge in [-0.05, 0) is 37.1 Å². The van der Waals surface area contributed by atoms with Gasteiger partial charge in [0.25, 0.3) is 5.91 Å². The monoisotopic (exact) mass is 277 g/mol. The van der Waals surface area contributed by atoms with E-state index in [0.29, 0.717) is 5.56 Å². The van der Waals surface area contributed by atoms with Crippen molar-refractivity contribution < 1.29 is 14.7 Å². The summed E-state index contributed by atoms with van der Waals surface area (Å²) in [4.78, 5) is 25.0. The number of carbonyl (C=O) groups is 2. The molecule has 20 heavy (non-hydrogen) atoms. The van der Waals surface area contributed by atoms with Crippen molar-refractivity contribution in [2.45, 2.75) is 39.5 Å². The number of benzene rings is 1. The van der Waals surface area contributed by atoms with Gasteiger partial charge in [-0.25, -0.2) is 4.79 Å². The number of carboxylic acids is 1. The fraction of sp³-hybridized carbons (Fsp3) is 0.500. The van der Waals surface area contributed by atoms with Gasteiger partial charge in [-0.15, -0.1) is 0 Å². The minimum atomic E-state index is -0.975. The van der Waals surface area contributed by atoms with Crippen LogP contribution in [0.5, 0.6) is 0 Å². The van der Waals surface area contributed by atoms with Gasteiger partial charge >= 0.3 is 5.97 Å². The number of carbonyl (C=O) groups excluding carboxylic acids is 1. The Labute approximate surface area is 120 Å². The maximum absolute atomic E-state index is 12.4. The summed E-state index contributed by atoms with van der Waals surface area (Å²) in [7, 11) is 0. The number of nitrogens with zero attached hydrogens (tertiary/aromatic N) is 1. The Morgan fingerprint density at radius 3 is 2.05 bits per heavy atom. The summed E-state index contributed by atoms with van der Waals surface area (Å²) in [6.45, 7) is 5.69. The Morgan fingerprint density at radius 2 is 1.55 bits per heavy atom. The zero-order valence-electron chi connectivity index (χ0n) is 12.3. The number of aromatic carboxylic acids is 1. The van der Waals surface area contributed by atoms with Gasteiger partial charge in [-0.2, -0.15) is 0 Å². The maximum Gasteiger partial charge on any atom is 0.335 e. The molecule has 1 amide bonds. The van der Waals surface area contributed by atoms with Gasteiger partial charge in [-0.1, -0.05) is 26.7 Å². The van der Waals surface area contributed by atoms with Gasteiger partial charge in [0.05, 0.1) is 5.56 Å². The minimum absolute atomic E-state index is 0.0140. The molecular formula is C16H23NO3. The highest BCUT2D eigenvalue weighted by Crippen LogP contribution is 2.10. The molecule has 0 radical (unpaired) electrons. The van der Waals surface area contributed by atoms with Gasteiger partial charge in [-0.3, -0.25) is 4.79 Å². The fourth-order valence-corrected chi connectivity index (χ4v) is 2.08. The van der Waals surface area contributed by atoms with Crippen molar-refractivity contribution in [1.29, 1.82) is 0 Å². The molecular weight excluding hydrogens is 254 g/mol. The molecule has 0 unspecified atom stereocenters. The van der Waals surface area contributed by atoms with Crippen molar-refractivity contribution in [2.24, 2.45) is 0 Å². The lowest BCUT2D eigenvalue weighted by atomic mass is 10.1. The number of hydrogen-bond donors (Lipinski definition) is 1. The maximum atomic E-state index is 12.4. The van der Waals surface area contributed by atoms with Crippen LogP contribution in [0.2, 0.25) is 0 Å². The highest BCUT2D eigenvalue weighted by molar-refractivity contribution is 5.95. The summed E-state index contributed by atoms with van der Waals surface area (Å²) in [5.74, 6) is -0.989. The highest BCUT2D eigenvalue weighted by atomic mass is 16.4. The van der Waals surface area contributed by atoms with Crippen LogP contribution in [0, 0.1) is 0 Å². The Morgan fingerprint density at radius 1 is 0.950 bits per heavy atom. The first-order valence-electron chi connectivity index (χ1n) is 7.22. The van der Waals surface area contributed by atoms with Crippen molar-refractivity contribution in [3.63, 3.8) is 0 Å². The van der Waals surface area contributed by atoms with Crippen molar-refractivity contribution in [3.8, 4) is 0 Å².